The normalized spacial score (nSPS) is 23.7. The van der Waals surface area contributed by atoms with Gasteiger partial charge in [0.2, 0.25) is 0 Å². The summed E-state index contributed by atoms with van der Waals surface area (Å²) in [5, 5.41) is 0. The van der Waals surface area contributed by atoms with Crippen molar-refractivity contribution in [3.8, 4) is 0 Å². The molecule has 0 unspecified atom stereocenters. The van der Waals surface area contributed by atoms with Gasteiger partial charge < -0.3 is 22.6 Å². The van der Waals surface area contributed by atoms with Gasteiger partial charge in [0.1, 0.15) is 6.10 Å². The van der Waals surface area contributed by atoms with Crippen LogP contribution < -0.4 is 0 Å². The van der Waals surface area contributed by atoms with Crippen LogP contribution in [0.1, 0.15) is 75.5 Å². The maximum atomic E-state index is 6.39. The first-order valence-electron chi connectivity index (χ1n) is 14.2. The van der Waals surface area contributed by atoms with E-state index in [0.29, 0.717) is 33.0 Å². The van der Waals surface area contributed by atoms with Gasteiger partial charge in [-0.2, -0.15) is 0 Å². The average Bonchev–Trinajstić information content (AvgIpc) is 2.96. The molecule has 0 amide bonds. The Kier molecular flexibility index (Phi) is 9.65. The van der Waals surface area contributed by atoms with Crippen molar-refractivity contribution < 1.29 is 27.1 Å². The SMILES string of the molecule is CC(C)(C)c1ccc(COP2OCC3(CO2)COP(OC(c2ccccc2)c2ccccc2)OC3)c(C(C)(C)C)c1. The van der Waals surface area contributed by atoms with Crippen LogP contribution in [0, 0.1) is 5.41 Å². The summed E-state index contributed by atoms with van der Waals surface area (Å²) in [4.78, 5) is 0. The number of hydrogen-bond donors (Lipinski definition) is 0. The van der Waals surface area contributed by atoms with E-state index in [1.807, 2.05) is 36.4 Å². The molecule has 3 aromatic rings. The highest BCUT2D eigenvalue weighted by Crippen LogP contribution is 2.55. The highest BCUT2D eigenvalue weighted by atomic mass is 31.2. The Labute approximate surface area is 247 Å². The molecule has 0 bridgehead atoms. The van der Waals surface area contributed by atoms with Gasteiger partial charge in [-0.05, 0) is 38.6 Å². The molecule has 2 saturated heterocycles. The highest BCUT2D eigenvalue weighted by Gasteiger charge is 2.44. The first-order valence-corrected chi connectivity index (χ1v) is 16.4. The molecular formula is C33H42O6P2. The minimum Gasteiger partial charge on any atom is -0.311 e. The Morgan fingerprint density at radius 3 is 1.68 bits per heavy atom. The van der Waals surface area contributed by atoms with Crippen molar-refractivity contribution in [1.29, 1.82) is 0 Å². The summed E-state index contributed by atoms with van der Waals surface area (Å²) in [6.45, 7) is 15.7. The quantitative estimate of drug-likeness (QED) is 0.254. The topological polar surface area (TPSA) is 55.4 Å². The van der Waals surface area contributed by atoms with E-state index < -0.39 is 17.2 Å². The molecule has 2 aliphatic rings. The Bertz CT molecular complexity index is 1210. The van der Waals surface area contributed by atoms with Gasteiger partial charge in [0, 0.05) is 0 Å². The largest absolute Gasteiger partial charge is 0.333 e. The molecule has 8 heteroatoms. The van der Waals surface area contributed by atoms with Crippen LogP contribution in [0.25, 0.3) is 0 Å². The van der Waals surface area contributed by atoms with Crippen molar-refractivity contribution in [2.75, 3.05) is 26.4 Å². The van der Waals surface area contributed by atoms with Crippen LogP contribution in [0.2, 0.25) is 0 Å². The first-order chi connectivity index (χ1) is 19.5. The number of hydrogen-bond acceptors (Lipinski definition) is 6. The van der Waals surface area contributed by atoms with Crippen LogP contribution in [-0.2, 0) is 44.6 Å². The summed E-state index contributed by atoms with van der Waals surface area (Å²) < 4.78 is 37.0. The molecule has 0 aromatic heterocycles. The van der Waals surface area contributed by atoms with E-state index in [0.717, 1.165) is 11.1 Å². The lowest BCUT2D eigenvalue weighted by Crippen LogP contribution is -2.44. The fraction of sp³-hybridized carbons (Fsp3) is 0.455. The molecular weight excluding hydrogens is 554 g/mol. The van der Waals surface area contributed by atoms with E-state index in [9.17, 15) is 0 Å². The lowest BCUT2D eigenvalue weighted by Gasteiger charge is -2.42. The van der Waals surface area contributed by atoms with Gasteiger partial charge in [-0.25, -0.2) is 0 Å². The zero-order chi connectivity index (χ0) is 29.1. The van der Waals surface area contributed by atoms with E-state index in [1.54, 1.807) is 0 Å². The Hall–Kier alpha value is -1.72. The second kappa shape index (κ2) is 12.9. The Morgan fingerprint density at radius 2 is 1.20 bits per heavy atom. The molecule has 2 aliphatic heterocycles. The molecule has 3 aromatic carbocycles. The molecule has 5 rings (SSSR count). The molecule has 41 heavy (non-hydrogen) atoms. The molecule has 220 valence electrons. The maximum Gasteiger partial charge on any atom is 0.333 e. The Balaban J connectivity index is 1.15. The smallest absolute Gasteiger partial charge is 0.311 e. The molecule has 0 N–H and O–H groups in total. The van der Waals surface area contributed by atoms with Crippen LogP contribution in [0.4, 0.5) is 0 Å². The van der Waals surface area contributed by atoms with Crippen LogP contribution in [0.3, 0.4) is 0 Å². The fourth-order valence-corrected chi connectivity index (χ4v) is 7.46. The second-order valence-corrected chi connectivity index (χ2v) is 15.4. The number of benzene rings is 3. The van der Waals surface area contributed by atoms with Gasteiger partial charge in [0.15, 0.2) is 0 Å². The first kappa shape index (κ1) is 30.7. The lowest BCUT2D eigenvalue weighted by atomic mass is 9.78. The summed E-state index contributed by atoms with van der Waals surface area (Å²) in [6.07, 6.45) is -0.270. The third-order valence-electron chi connectivity index (χ3n) is 7.41. The van der Waals surface area contributed by atoms with Gasteiger partial charge in [0.05, 0.1) is 38.4 Å². The van der Waals surface area contributed by atoms with Crippen LogP contribution in [0.15, 0.2) is 78.9 Å². The van der Waals surface area contributed by atoms with Crippen molar-refractivity contribution in [2.24, 2.45) is 5.41 Å². The van der Waals surface area contributed by atoms with Crippen molar-refractivity contribution in [3.63, 3.8) is 0 Å². The molecule has 0 atom stereocenters. The third kappa shape index (κ3) is 7.82. The van der Waals surface area contributed by atoms with Crippen LogP contribution in [-0.4, -0.2) is 26.4 Å². The summed E-state index contributed by atoms with van der Waals surface area (Å²) in [7, 11) is -2.97. The maximum absolute atomic E-state index is 6.39. The summed E-state index contributed by atoms with van der Waals surface area (Å²) in [5.41, 5.74) is 5.62. The Morgan fingerprint density at radius 1 is 0.683 bits per heavy atom. The highest BCUT2D eigenvalue weighted by molar-refractivity contribution is 7.42. The minimum absolute atomic E-state index is 0.00276. The van der Waals surface area contributed by atoms with E-state index in [4.69, 9.17) is 27.1 Å². The summed E-state index contributed by atoms with van der Waals surface area (Å²) >= 11 is 0. The molecule has 0 radical (unpaired) electrons. The van der Waals surface area contributed by atoms with Gasteiger partial charge in [-0.3, -0.25) is 4.52 Å². The van der Waals surface area contributed by atoms with E-state index in [-0.39, 0.29) is 22.3 Å². The molecule has 0 saturated carbocycles. The zero-order valence-electron chi connectivity index (χ0n) is 25.0. The lowest BCUT2D eigenvalue weighted by molar-refractivity contribution is -0.0786. The monoisotopic (exact) mass is 596 g/mol. The predicted octanol–water partition coefficient (Wildman–Crippen LogP) is 9.14. The molecule has 0 aliphatic carbocycles. The average molecular weight is 597 g/mol. The van der Waals surface area contributed by atoms with E-state index in [1.165, 1.54) is 16.7 Å². The van der Waals surface area contributed by atoms with E-state index >= 15 is 0 Å². The van der Waals surface area contributed by atoms with Crippen molar-refractivity contribution in [3.05, 3.63) is 107 Å². The predicted molar refractivity (Wildman–Crippen MR) is 165 cm³/mol. The van der Waals surface area contributed by atoms with Gasteiger partial charge in [-0.1, -0.05) is 120 Å². The molecule has 1 spiro atoms. The van der Waals surface area contributed by atoms with Gasteiger partial charge >= 0.3 is 17.2 Å². The van der Waals surface area contributed by atoms with Gasteiger partial charge in [-0.15, -0.1) is 0 Å². The summed E-state index contributed by atoms with van der Waals surface area (Å²) in [6, 6.07) is 27.0. The minimum atomic E-state index is -1.52. The van der Waals surface area contributed by atoms with E-state index in [2.05, 4.69) is 84.0 Å². The standard InChI is InChI=1S/C33H42O6P2/c1-31(2,3)28-18-17-27(29(19-28)32(4,5)6)20-34-40-35-21-33(22-36-40)23-37-41(38-24-33)39-30(25-13-9-7-10-14-25)26-15-11-8-12-16-26/h7-19,30H,20-24H2,1-6H3. The van der Waals surface area contributed by atoms with Crippen molar-refractivity contribution in [1.82, 2.24) is 0 Å². The third-order valence-corrected chi connectivity index (χ3v) is 9.49. The second-order valence-electron chi connectivity index (χ2n) is 13.0. The fourth-order valence-electron chi connectivity index (χ4n) is 4.86. The molecule has 2 fully saturated rings. The summed E-state index contributed by atoms with van der Waals surface area (Å²) in [5.74, 6) is 0. The zero-order valence-corrected chi connectivity index (χ0v) is 26.8. The number of rotatable bonds is 7. The molecule has 6 nitrogen and oxygen atoms in total. The van der Waals surface area contributed by atoms with Crippen LogP contribution >= 0.6 is 17.2 Å². The van der Waals surface area contributed by atoms with Gasteiger partial charge in [0.25, 0.3) is 0 Å². The van der Waals surface area contributed by atoms with Crippen molar-refractivity contribution in [2.45, 2.75) is 65.1 Å². The molecule has 2 heterocycles. The van der Waals surface area contributed by atoms with Crippen LogP contribution in [0.5, 0.6) is 0 Å². The van der Waals surface area contributed by atoms with Crippen molar-refractivity contribution >= 4 is 17.2 Å².